The molecule has 24 heavy (non-hydrogen) atoms. The van der Waals surface area contributed by atoms with Crippen LogP contribution in [0.25, 0.3) is 0 Å². The van der Waals surface area contributed by atoms with Gasteiger partial charge in [-0.15, -0.1) is 0 Å². The minimum atomic E-state index is 0.198. The average Bonchev–Trinajstić information content (AvgIpc) is 2.88. The Morgan fingerprint density at radius 2 is 1.92 bits per heavy atom. The quantitative estimate of drug-likeness (QED) is 0.925. The van der Waals surface area contributed by atoms with E-state index in [9.17, 15) is 4.79 Å². The van der Waals surface area contributed by atoms with Gasteiger partial charge in [-0.3, -0.25) is 9.69 Å². The number of hydrogen-bond acceptors (Lipinski definition) is 3. The topological polar surface area (TPSA) is 35.6 Å². The molecule has 3 fully saturated rings. The van der Waals surface area contributed by atoms with Crippen LogP contribution < -0.4 is 5.32 Å². The maximum absolute atomic E-state index is 13.2. The predicted octanol–water partition coefficient (Wildman–Crippen LogP) is 2.25. The zero-order valence-corrected chi connectivity index (χ0v) is 14.5. The fourth-order valence-corrected chi connectivity index (χ4v) is 4.80. The van der Waals surface area contributed by atoms with E-state index >= 15 is 0 Å². The second-order valence-electron chi connectivity index (χ2n) is 7.68. The molecule has 1 aromatic rings. The standard InChI is InChI=1S/C20H29N3O/c24-20(23-18-8-9-19(23)13-21-11-10-18)17-7-4-12-22(15-17)14-16-5-2-1-3-6-16/h1-3,5-6,17-19,21H,4,7-15H2. The zero-order chi connectivity index (χ0) is 16.4. The lowest BCUT2D eigenvalue weighted by molar-refractivity contribution is -0.140. The summed E-state index contributed by atoms with van der Waals surface area (Å²) in [7, 11) is 0. The molecule has 2 bridgehead atoms. The summed E-state index contributed by atoms with van der Waals surface area (Å²) in [5.74, 6) is 0.632. The SMILES string of the molecule is O=C(C1CCCN(Cc2ccccc2)C1)N1C2CCNCC1CC2. The molecule has 0 aliphatic carbocycles. The zero-order valence-electron chi connectivity index (χ0n) is 14.5. The van der Waals surface area contributed by atoms with Gasteiger partial charge in [-0.1, -0.05) is 30.3 Å². The van der Waals surface area contributed by atoms with Crippen LogP contribution in [0.4, 0.5) is 0 Å². The minimum absolute atomic E-state index is 0.198. The van der Waals surface area contributed by atoms with E-state index in [4.69, 9.17) is 0 Å². The highest BCUT2D eigenvalue weighted by atomic mass is 16.2. The van der Waals surface area contributed by atoms with E-state index < -0.39 is 0 Å². The molecule has 4 rings (SSSR count). The molecule has 3 aliphatic heterocycles. The van der Waals surface area contributed by atoms with Crippen molar-refractivity contribution in [2.45, 2.75) is 50.7 Å². The Balaban J connectivity index is 1.41. The van der Waals surface area contributed by atoms with Gasteiger partial charge in [0.1, 0.15) is 0 Å². The van der Waals surface area contributed by atoms with Gasteiger partial charge in [-0.2, -0.15) is 0 Å². The lowest BCUT2D eigenvalue weighted by Crippen LogP contribution is -2.49. The Bertz CT molecular complexity index is 547. The van der Waals surface area contributed by atoms with Crippen molar-refractivity contribution in [2.75, 3.05) is 26.2 Å². The monoisotopic (exact) mass is 327 g/mol. The second kappa shape index (κ2) is 7.24. The highest BCUT2D eigenvalue weighted by Gasteiger charge is 2.41. The van der Waals surface area contributed by atoms with Gasteiger partial charge in [0.15, 0.2) is 0 Å². The van der Waals surface area contributed by atoms with E-state index in [2.05, 4.69) is 45.4 Å². The van der Waals surface area contributed by atoms with E-state index in [1.807, 2.05) is 0 Å². The summed E-state index contributed by atoms with van der Waals surface area (Å²) < 4.78 is 0. The van der Waals surface area contributed by atoms with Gasteiger partial charge in [-0.25, -0.2) is 0 Å². The average molecular weight is 327 g/mol. The molecule has 0 radical (unpaired) electrons. The van der Waals surface area contributed by atoms with Gasteiger partial charge in [0.2, 0.25) is 5.91 Å². The molecule has 4 nitrogen and oxygen atoms in total. The fourth-order valence-electron chi connectivity index (χ4n) is 4.80. The number of piperidine rings is 1. The van der Waals surface area contributed by atoms with Crippen molar-refractivity contribution in [1.82, 2.24) is 15.1 Å². The first-order valence-corrected chi connectivity index (χ1v) is 9.60. The summed E-state index contributed by atoms with van der Waals surface area (Å²) in [6.07, 6.45) is 5.73. The number of likely N-dealkylation sites (tertiary alicyclic amines) is 1. The van der Waals surface area contributed by atoms with Crippen LogP contribution >= 0.6 is 0 Å². The highest BCUT2D eigenvalue weighted by molar-refractivity contribution is 5.80. The van der Waals surface area contributed by atoms with Crippen LogP contribution in [0.5, 0.6) is 0 Å². The molecule has 1 amide bonds. The first kappa shape index (κ1) is 16.1. The van der Waals surface area contributed by atoms with Crippen molar-refractivity contribution in [3.8, 4) is 0 Å². The van der Waals surface area contributed by atoms with E-state index in [0.717, 1.165) is 52.0 Å². The van der Waals surface area contributed by atoms with Gasteiger partial charge in [0.05, 0.1) is 5.92 Å². The van der Waals surface area contributed by atoms with Crippen molar-refractivity contribution < 1.29 is 4.79 Å². The van der Waals surface area contributed by atoms with Crippen LogP contribution in [0.2, 0.25) is 0 Å². The van der Waals surface area contributed by atoms with Gasteiger partial charge in [-0.05, 0) is 50.8 Å². The number of nitrogens with one attached hydrogen (secondary N) is 1. The molecule has 0 spiro atoms. The third-order valence-corrected chi connectivity index (χ3v) is 6.01. The van der Waals surface area contributed by atoms with E-state index in [1.165, 1.54) is 18.4 Å². The van der Waals surface area contributed by atoms with Crippen LogP contribution in [0, 0.1) is 5.92 Å². The summed E-state index contributed by atoms with van der Waals surface area (Å²) >= 11 is 0. The summed E-state index contributed by atoms with van der Waals surface area (Å²) in [6.45, 7) is 5.07. The number of carbonyl (C=O) groups is 1. The maximum atomic E-state index is 13.2. The van der Waals surface area contributed by atoms with E-state index in [-0.39, 0.29) is 5.92 Å². The van der Waals surface area contributed by atoms with E-state index in [1.54, 1.807) is 0 Å². The molecule has 0 aromatic heterocycles. The summed E-state index contributed by atoms with van der Waals surface area (Å²) in [5.41, 5.74) is 1.35. The lowest BCUT2D eigenvalue weighted by atomic mass is 9.95. The number of amides is 1. The molecule has 3 unspecified atom stereocenters. The van der Waals surface area contributed by atoms with Crippen molar-refractivity contribution in [3.05, 3.63) is 35.9 Å². The third-order valence-electron chi connectivity index (χ3n) is 6.01. The minimum Gasteiger partial charge on any atom is -0.335 e. The first-order valence-electron chi connectivity index (χ1n) is 9.60. The first-order chi connectivity index (χ1) is 11.8. The summed E-state index contributed by atoms with van der Waals surface area (Å²) in [4.78, 5) is 18.0. The number of nitrogens with zero attached hydrogens (tertiary/aromatic N) is 2. The number of fused-ring (bicyclic) bond motifs is 2. The van der Waals surface area contributed by atoms with Crippen molar-refractivity contribution in [3.63, 3.8) is 0 Å². The van der Waals surface area contributed by atoms with Crippen LogP contribution in [-0.2, 0) is 11.3 Å². The molecule has 1 N–H and O–H groups in total. The van der Waals surface area contributed by atoms with Crippen LogP contribution in [-0.4, -0.2) is 54.0 Å². The van der Waals surface area contributed by atoms with E-state index in [0.29, 0.717) is 18.0 Å². The maximum Gasteiger partial charge on any atom is 0.227 e. The number of rotatable bonds is 3. The Morgan fingerprint density at radius 1 is 1.08 bits per heavy atom. The summed E-state index contributed by atoms with van der Waals surface area (Å²) in [6, 6.07) is 11.6. The molecular weight excluding hydrogens is 298 g/mol. The largest absolute Gasteiger partial charge is 0.335 e. The third kappa shape index (κ3) is 3.35. The molecule has 3 saturated heterocycles. The molecule has 4 heteroatoms. The smallest absolute Gasteiger partial charge is 0.227 e. The highest BCUT2D eigenvalue weighted by Crippen LogP contribution is 2.31. The molecule has 1 aromatic carbocycles. The Morgan fingerprint density at radius 3 is 2.79 bits per heavy atom. The fraction of sp³-hybridized carbons (Fsp3) is 0.650. The van der Waals surface area contributed by atoms with Gasteiger partial charge in [0.25, 0.3) is 0 Å². The Hall–Kier alpha value is -1.39. The van der Waals surface area contributed by atoms with Crippen LogP contribution in [0.3, 0.4) is 0 Å². The van der Waals surface area contributed by atoms with Gasteiger partial charge < -0.3 is 10.2 Å². The second-order valence-corrected chi connectivity index (χ2v) is 7.68. The van der Waals surface area contributed by atoms with Crippen molar-refractivity contribution in [2.24, 2.45) is 5.92 Å². The molecule has 0 saturated carbocycles. The molecular formula is C20H29N3O. The number of carbonyl (C=O) groups excluding carboxylic acids is 1. The lowest BCUT2D eigenvalue weighted by Gasteiger charge is -2.37. The summed E-state index contributed by atoms with van der Waals surface area (Å²) in [5, 5.41) is 3.50. The normalized spacial score (nSPS) is 31.0. The Kier molecular flexibility index (Phi) is 4.86. The van der Waals surface area contributed by atoms with Crippen LogP contribution in [0.15, 0.2) is 30.3 Å². The molecule has 3 aliphatic rings. The van der Waals surface area contributed by atoms with Gasteiger partial charge >= 0.3 is 0 Å². The molecule has 3 atom stereocenters. The van der Waals surface area contributed by atoms with Crippen LogP contribution in [0.1, 0.15) is 37.7 Å². The van der Waals surface area contributed by atoms with Crippen molar-refractivity contribution in [1.29, 1.82) is 0 Å². The molecule has 3 heterocycles. The number of benzene rings is 1. The predicted molar refractivity (Wildman–Crippen MR) is 95.6 cm³/mol. The van der Waals surface area contributed by atoms with Gasteiger partial charge in [0, 0.05) is 31.7 Å². The Labute approximate surface area is 145 Å². The molecule has 130 valence electrons. The van der Waals surface area contributed by atoms with Crippen molar-refractivity contribution >= 4 is 5.91 Å². The number of hydrogen-bond donors (Lipinski definition) is 1.